The third kappa shape index (κ3) is 5.64. The van der Waals surface area contributed by atoms with Gasteiger partial charge in [-0.3, -0.25) is 9.69 Å². The van der Waals surface area contributed by atoms with Gasteiger partial charge in [-0.15, -0.1) is 0 Å². The van der Waals surface area contributed by atoms with Crippen LogP contribution in [0.3, 0.4) is 0 Å². The molecule has 0 fully saturated rings. The number of nitriles is 4. The van der Waals surface area contributed by atoms with Crippen LogP contribution in [-0.2, 0) is 5.54 Å². The number of fused-ring (bicyclic) bond motifs is 1. The van der Waals surface area contributed by atoms with E-state index in [4.69, 9.17) is 9.47 Å². The number of nitrogens with zero attached hydrogens (tertiary/aromatic N) is 5. The fourth-order valence-electron chi connectivity index (χ4n) is 6.71. The van der Waals surface area contributed by atoms with Crippen LogP contribution in [0.2, 0.25) is 0 Å². The van der Waals surface area contributed by atoms with E-state index in [1.165, 1.54) is 6.07 Å². The lowest BCUT2D eigenvalue weighted by molar-refractivity contribution is 0.0986. The Kier molecular flexibility index (Phi) is 8.66. The zero-order valence-corrected chi connectivity index (χ0v) is 27.9. The monoisotopic (exact) mass is 673 g/mol. The average Bonchev–Trinajstić information content (AvgIpc) is 3.32. The van der Waals surface area contributed by atoms with Crippen molar-refractivity contribution in [3.8, 4) is 41.5 Å². The first-order valence-electron chi connectivity index (χ1n) is 16.3. The predicted octanol–water partition coefficient (Wildman–Crippen LogP) is 9.11. The molecule has 8 nitrogen and oxygen atoms in total. The second kappa shape index (κ2) is 13.7. The van der Waals surface area contributed by atoms with E-state index in [9.17, 15) is 25.8 Å². The van der Waals surface area contributed by atoms with Gasteiger partial charge in [-0.05, 0) is 108 Å². The van der Waals surface area contributed by atoms with Crippen molar-refractivity contribution in [3.63, 3.8) is 0 Å². The van der Waals surface area contributed by atoms with Crippen molar-refractivity contribution in [1.82, 2.24) is 0 Å². The highest BCUT2D eigenvalue weighted by molar-refractivity contribution is 6.14. The van der Waals surface area contributed by atoms with Gasteiger partial charge in [-0.25, -0.2) is 0 Å². The minimum atomic E-state index is -1.11. The summed E-state index contributed by atoms with van der Waals surface area (Å²) in [5.74, 6) is 1.79. The van der Waals surface area contributed by atoms with Crippen LogP contribution >= 0.6 is 0 Å². The summed E-state index contributed by atoms with van der Waals surface area (Å²) in [6.45, 7) is 1.97. The fraction of sp³-hybridized carbons (Fsp3) is 0.0682. The topological polar surface area (TPSA) is 134 Å². The van der Waals surface area contributed by atoms with E-state index in [2.05, 4.69) is 12.1 Å². The van der Waals surface area contributed by atoms with Crippen LogP contribution in [0.1, 0.15) is 57.1 Å². The average molecular weight is 674 g/mol. The Hall–Kier alpha value is -7.65. The largest absolute Gasteiger partial charge is 0.457 e. The second-order valence-corrected chi connectivity index (χ2v) is 12.2. The molecule has 7 rings (SSSR count). The van der Waals surface area contributed by atoms with Gasteiger partial charge in [-0.1, -0.05) is 60.7 Å². The van der Waals surface area contributed by atoms with Crippen LogP contribution in [0.25, 0.3) is 0 Å². The molecule has 1 aliphatic heterocycles. The van der Waals surface area contributed by atoms with Crippen LogP contribution in [0.15, 0.2) is 150 Å². The number of allylic oxidation sites excluding steroid dienone is 3. The van der Waals surface area contributed by atoms with Crippen molar-refractivity contribution in [1.29, 1.82) is 21.0 Å². The molecule has 0 bridgehead atoms. The van der Waals surface area contributed by atoms with Gasteiger partial charge in [0.1, 0.15) is 52.8 Å². The predicted molar refractivity (Wildman–Crippen MR) is 194 cm³/mol. The van der Waals surface area contributed by atoms with Crippen LogP contribution in [0.5, 0.6) is 17.2 Å². The fourth-order valence-corrected chi connectivity index (χ4v) is 6.71. The summed E-state index contributed by atoms with van der Waals surface area (Å²) in [5, 5.41) is 37.8. The molecule has 246 valence electrons. The lowest BCUT2D eigenvalue weighted by atomic mass is 9.75. The highest BCUT2D eigenvalue weighted by Gasteiger charge is 2.53. The van der Waals surface area contributed by atoms with Crippen LogP contribution in [0, 0.1) is 45.3 Å². The molecule has 8 heteroatoms. The molecule has 0 saturated heterocycles. The number of carbonyl (C=O) groups is 1. The SMILES string of the molecule is CC1=C(Oc2ccc(C#N)c(C#N)c2)C=CC(C2(c3ccc(Oc4ccc(C#N)c(C#N)c4)cc3)c3ccccc3C(=O)N2c2ccccc2)=CC1. The number of anilines is 1. The number of carbonyl (C=O) groups excluding carboxylic acids is 1. The number of rotatable bonds is 7. The maximum atomic E-state index is 14.5. The molecule has 1 aliphatic carbocycles. The minimum Gasteiger partial charge on any atom is -0.457 e. The molecule has 5 aromatic rings. The van der Waals surface area contributed by atoms with Gasteiger partial charge in [0, 0.05) is 11.3 Å². The van der Waals surface area contributed by atoms with Crippen molar-refractivity contribution in [2.24, 2.45) is 0 Å². The van der Waals surface area contributed by atoms with Gasteiger partial charge < -0.3 is 9.47 Å². The van der Waals surface area contributed by atoms with Crippen LogP contribution in [0.4, 0.5) is 5.69 Å². The first-order valence-corrected chi connectivity index (χ1v) is 16.3. The minimum absolute atomic E-state index is 0.148. The van der Waals surface area contributed by atoms with E-state index in [-0.39, 0.29) is 28.2 Å². The highest BCUT2D eigenvalue weighted by Crippen LogP contribution is 2.52. The Morgan fingerprint density at radius 2 is 1.21 bits per heavy atom. The Bertz CT molecular complexity index is 2520. The Morgan fingerprint density at radius 3 is 1.85 bits per heavy atom. The molecular formula is C44H27N5O3. The molecule has 1 amide bonds. The van der Waals surface area contributed by atoms with E-state index >= 15 is 0 Å². The third-order valence-corrected chi connectivity index (χ3v) is 9.18. The first kappa shape index (κ1) is 32.9. The third-order valence-electron chi connectivity index (χ3n) is 9.18. The number of para-hydroxylation sites is 1. The van der Waals surface area contributed by atoms with Gasteiger partial charge in [0.05, 0.1) is 22.3 Å². The summed E-state index contributed by atoms with van der Waals surface area (Å²) in [6, 6.07) is 42.4. The summed E-state index contributed by atoms with van der Waals surface area (Å²) >= 11 is 0. The van der Waals surface area contributed by atoms with Gasteiger partial charge >= 0.3 is 0 Å². The summed E-state index contributed by atoms with van der Waals surface area (Å²) in [5.41, 5.74) is 4.56. The molecular weight excluding hydrogens is 647 g/mol. The standard InChI is InChI=1S/C44H27N5O3/c1-29-11-14-34(17-22-42(29)52-39-19-13-31(26-46)33(24-39)28-48)44(41-10-6-5-9-40(41)43(50)49(44)36-7-3-2-4-8-36)35-15-20-37(21-16-35)51-38-18-12-30(25-45)32(23-38)27-47/h2-10,12-24H,11H2,1H3. The van der Waals surface area contributed by atoms with Gasteiger partial charge in [0.15, 0.2) is 0 Å². The van der Waals surface area contributed by atoms with Crippen molar-refractivity contribution in [2.75, 3.05) is 4.90 Å². The molecule has 0 N–H and O–H groups in total. The molecule has 1 unspecified atom stereocenters. The summed E-state index contributed by atoms with van der Waals surface area (Å²) < 4.78 is 12.4. The maximum Gasteiger partial charge on any atom is 0.260 e. The number of hydrogen-bond donors (Lipinski definition) is 0. The number of benzene rings is 5. The van der Waals surface area contributed by atoms with Crippen molar-refractivity contribution >= 4 is 11.6 Å². The lowest BCUT2D eigenvalue weighted by Crippen LogP contribution is -2.46. The summed E-state index contributed by atoms with van der Waals surface area (Å²) in [7, 11) is 0. The molecule has 2 aliphatic rings. The molecule has 0 saturated carbocycles. The second-order valence-electron chi connectivity index (χ2n) is 12.2. The van der Waals surface area contributed by atoms with Crippen molar-refractivity contribution in [2.45, 2.75) is 18.9 Å². The van der Waals surface area contributed by atoms with E-state index in [0.717, 1.165) is 22.3 Å². The molecule has 52 heavy (non-hydrogen) atoms. The molecule has 1 heterocycles. The number of hydrogen-bond acceptors (Lipinski definition) is 7. The smallest absolute Gasteiger partial charge is 0.260 e. The first-order chi connectivity index (χ1) is 25.4. The molecule has 5 aromatic carbocycles. The Labute approximate surface area is 300 Å². The van der Waals surface area contributed by atoms with E-state index < -0.39 is 5.54 Å². The lowest BCUT2D eigenvalue weighted by Gasteiger charge is -2.41. The highest BCUT2D eigenvalue weighted by atomic mass is 16.5. The van der Waals surface area contributed by atoms with Crippen LogP contribution in [-0.4, -0.2) is 5.91 Å². The van der Waals surface area contributed by atoms with Gasteiger partial charge in [0.25, 0.3) is 5.91 Å². The Morgan fingerprint density at radius 1 is 0.635 bits per heavy atom. The molecule has 0 spiro atoms. The number of amides is 1. The van der Waals surface area contributed by atoms with E-state index in [0.29, 0.717) is 40.7 Å². The summed E-state index contributed by atoms with van der Waals surface area (Å²) in [4.78, 5) is 16.4. The molecule has 0 aromatic heterocycles. The van der Waals surface area contributed by atoms with Gasteiger partial charge in [0.2, 0.25) is 0 Å². The van der Waals surface area contributed by atoms with E-state index in [1.54, 1.807) is 30.3 Å². The maximum absolute atomic E-state index is 14.5. The molecule has 1 atom stereocenters. The zero-order valence-electron chi connectivity index (χ0n) is 27.9. The number of ether oxygens (including phenoxy) is 2. The normalized spacial score (nSPS) is 16.1. The Balaban J connectivity index is 1.35. The summed E-state index contributed by atoms with van der Waals surface area (Å²) in [6.07, 6.45) is 6.46. The van der Waals surface area contributed by atoms with Crippen LogP contribution < -0.4 is 14.4 Å². The van der Waals surface area contributed by atoms with Gasteiger partial charge in [-0.2, -0.15) is 21.0 Å². The zero-order chi connectivity index (χ0) is 36.2. The van der Waals surface area contributed by atoms with Crippen molar-refractivity contribution < 1.29 is 14.3 Å². The van der Waals surface area contributed by atoms with E-state index in [1.807, 2.05) is 121 Å². The molecule has 0 radical (unpaired) electrons. The quantitative estimate of drug-likeness (QED) is 0.168. The van der Waals surface area contributed by atoms with Crippen molar-refractivity contribution in [3.05, 3.63) is 189 Å².